The number of likely N-dealkylation sites (tertiary alicyclic amines) is 1. The summed E-state index contributed by atoms with van der Waals surface area (Å²) >= 11 is 0. The van der Waals surface area contributed by atoms with E-state index in [0.717, 1.165) is 10.5 Å². The Morgan fingerprint density at radius 3 is 2.68 bits per heavy atom. The van der Waals surface area contributed by atoms with Gasteiger partial charge in [0.05, 0.1) is 6.54 Å². The second-order valence-electron chi connectivity index (χ2n) is 5.19. The Morgan fingerprint density at radius 2 is 2.05 bits per heavy atom. The average molecular weight is 304 g/mol. The summed E-state index contributed by atoms with van der Waals surface area (Å²) in [4.78, 5) is 24.2. The van der Waals surface area contributed by atoms with E-state index in [2.05, 4.69) is 5.16 Å². The number of rotatable bonds is 3. The summed E-state index contributed by atoms with van der Waals surface area (Å²) in [5, 5.41) is 12.7. The fourth-order valence-electron chi connectivity index (χ4n) is 2.40. The number of aliphatic carboxylic acids is 1. The van der Waals surface area contributed by atoms with Gasteiger partial charge < -0.3 is 14.5 Å². The second kappa shape index (κ2) is 5.25. The van der Waals surface area contributed by atoms with Crippen molar-refractivity contribution in [1.29, 1.82) is 0 Å². The van der Waals surface area contributed by atoms with Gasteiger partial charge in [0.25, 0.3) is 5.91 Å². The smallest absolute Gasteiger partial charge is 0.343 e. The van der Waals surface area contributed by atoms with Crippen LogP contribution in [-0.4, -0.2) is 45.8 Å². The molecule has 1 fully saturated rings. The standard InChI is InChI=1S/C15H13FN2O4/c16-15(14(20)21)6-7-18(9-15)13(19)12-8-11(17-22-12)10-4-2-1-3-5-10/h1-5,8H,6-7,9H2,(H,20,21). The molecular formula is C15H13FN2O4. The van der Waals surface area contributed by atoms with Crippen LogP contribution >= 0.6 is 0 Å². The zero-order chi connectivity index (χ0) is 15.7. The van der Waals surface area contributed by atoms with Crippen LogP contribution in [0.4, 0.5) is 4.39 Å². The van der Waals surface area contributed by atoms with Gasteiger partial charge in [-0.3, -0.25) is 4.79 Å². The number of nitrogens with zero attached hydrogens (tertiary/aromatic N) is 2. The molecule has 7 heteroatoms. The topological polar surface area (TPSA) is 83.6 Å². The minimum Gasteiger partial charge on any atom is -0.479 e. The Bertz CT molecular complexity index is 715. The molecule has 1 aromatic heterocycles. The molecule has 1 aliphatic heterocycles. The third kappa shape index (κ3) is 2.45. The maximum atomic E-state index is 14.0. The van der Waals surface area contributed by atoms with E-state index in [4.69, 9.17) is 9.63 Å². The molecule has 0 bridgehead atoms. The number of carbonyl (C=O) groups excluding carboxylic acids is 1. The molecule has 2 aromatic rings. The summed E-state index contributed by atoms with van der Waals surface area (Å²) in [5.41, 5.74) is -1.11. The number of alkyl halides is 1. The average Bonchev–Trinajstić information content (AvgIpc) is 3.15. The Balaban J connectivity index is 1.77. The van der Waals surface area contributed by atoms with Crippen molar-refractivity contribution in [2.24, 2.45) is 0 Å². The molecule has 2 heterocycles. The number of aromatic nitrogens is 1. The predicted molar refractivity (Wildman–Crippen MR) is 73.9 cm³/mol. The van der Waals surface area contributed by atoms with Crippen molar-refractivity contribution < 1.29 is 23.6 Å². The SMILES string of the molecule is O=C(c1cc(-c2ccccc2)no1)N1CCC(F)(C(=O)O)C1. The largest absolute Gasteiger partial charge is 0.479 e. The summed E-state index contributed by atoms with van der Waals surface area (Å²) < 4.78 is 19.0. The summed E-state index contributed by atoms with van der Waals surface area (Å²) in [7, 11) is 0. The van der Waals surface area contributed by atoms with Crippen LogP contribution in [0.2, 0.25) is 0 Å². The fraction of sp³-hybridized carbons (Fsp3) is 0.267. The first-order valence-electron chi connectivity index (χ1n) is 6.73. The van der Waals surface area contributed by atoms with Gasteiger partial charge in [-0.1, -0.05) is 35.5 Å². The number of carbonyl (C=O) groups is 2. The molecule has 0 spiro atoms. The number of benzene rings is 1. The number of amides is 1. The predicted octanol–water partition coefficient (Wildman–Crippen LogP) is 1.98. The fourth-order valence-corrected chi connectivity index (χ4v) is 2.40. The van der Waals surface area contributed by atoms with Crippen molar-refractivity contribution in [2.45, 2.75) is 12.1 Å². The van der Waals surface area contributed by atoms with E-state index in [1.54, 1.807) is 0 Å². The summed E-state index contributed by atoms with van der Waals surface area (Å²) in [6.45, 7) is -0.453. The number of hydrogen-bond donors (Lipinski definition) is 1. The summed E-state index contributed by atoms with van der Waals surface area (Å²) in [6, 6.07) is 10.6. The third-order valence-electron chi connectivity index (χ3n) is 3.68. The van der Waals surface area contributed by atoms with Gasteiger partial charge in [0.15, 0.2) is 0 Å². The molecule has 1 atom stereocenters. The van der Waals surface area contributed by atoms with Crippen LogP contribution in [0, 0.1) is 0 Å². The number of carboxylic acids is 1. The Hall–Kier alpha value is -2.70. The zero-order valence-corrected chi connectivity index (χ0v) is 11.5. The maximum absolute atomic E-state index is 14.0. The van der Waals surface area contributed by atoms with Gasteiger partial charge in [0.1, 0.15) is 5.69 Å². The van der Waals surface area contributed by atoms with Crippen molar-refractivity contribution in [2.75, 3.05) is 13.1 Å². The van der Waals surface area contributed by atoms with Gasteiger partial charge in [0.2, 0.25) is 11.4 Å². The highest BCUT2D eigenvalue weighted by Crippen LogP contribution is 2.28. The number of halogens is 1. The Morgan fingerprint density at radius 1 is 1.32 bits per heavy atom. The highest BCUT2D eigenvalue weighted by atomic mass is 19.1. The van der Waals surface area contributed by atoms with Crippen LogP contribution < -0.4 is 0 Å². The molecule has 22 heavy (non-hydrogen) atoms. The van der Waals surface area contributed by atoms with E-state index in [-0.39, 0.29) is 18.7 Å². The van der Waals surface area contributed by atoms with Gasteiger partial charge in [-0.15, -0.1) is 0 Å². The Kier molecular flexibility index (Phi) is 3.40. The molecule has 0 aliphatic carbocycles. The van der Waals surface area contributed by atoms with E-state index in [1.165, 1.54) is 6.07 Å². The van der Waals surface area contributed by atoms with Crippen LogP contribution in [0.15, 0.2) is 40.9 Å². The molecule has 1 amide bonds. The molecule has 1 N–H and O–H groups in total. The monoisotopic (exact) mass is 304 g/mol. The van der Waals surface area contributed by atoms with Crippen LogP contribution in [0.25, 0.3) is 11.3 Å². The van der Waals surface area contributed by atoms with Crippen LogP contribution in [0.1, 0.15) is 17.0 Å². The highest BCUT2D eigenvalue weighted by molar-refractivity contribution is 5.93. The zero-order valence-electron chi connectivity index (χ0n) is 11.5. The molecule has 0 saturated carbocycles. The number of hydrogen-bond acceptors (Lipinski definition) is 4. The first kappa shape index (κ1) is 14.2. The summed E-state index contributed by atoms with van der Waals surface area (Å²) in [5.74, 6) is -2.14. The highest BCUT2D eigenvalue weighted by Gasteiger charge is 2.47. The second-order valence-corrected chi connectivity index (χ2v) is 5.19. The van der Waals surface area contributed by atoms with E-state index in [0.29, 0.717) is 5.69 Å². The lowest BCUT2D eigenvalue weighted by Crippen LogP contribution is -2.38. The normalized spacial score (nSPS) is 21.0. The van der Waals surface area contributed by atoms with Crippen molar-refractivity contribution in [3.63, 3.8) is 0 Å². The molecule has 114 valence electrons. The van der Waals surface area contributed by atoms with Gasteiger partial charge in [-0.25, -0.2) is 9.18 Å². The van der Waals surface area contributed by atoms with Crippen molar-refractivity contribution in [1.82, 2.24) is 10.1 Å². The molecular weight excluding hydrogens is 291 g/mol. The molecule has 0 radical (unpaired) electrons. The summed E-state index contributed by atoms with van der Waals surface area (Å²) in [6.07, 6.45) is -0.228. The first-order chi connectivity index (χ1) is 10.5. The van der Waals surface area contributed by atoms with Gasteiger partial charge in [0, 0.05) is 24.6 Å². The lowest BCUT2D eigenvalue weighted by Gasteiger charge is -2.15. The third-order valence-corrected chi connectivity index (χ3v) is 3.68. The number of carboxylic acid groups (broad SMARTS) is 1. The lowest BCUT2D eigenvalue weighted by molar-refractivity contribution is -0.149. The molecule has 1 unspecified atom stereocenters. The molecule has 1 saturated heterocycles. The van der Waals surface area contributed by atoms with E-state index < -0.39 is 24.1 Å². The molecule has 1 aliphatic rings. The van der Waals surface area contributed by atoms with E-state index in [9.17, 15) is 14.0 Å². The van der Waals surface area contributed by atoms with Crippen molar-refractivity contribution >= 4 is 11.9 Å². The minimum absolute atomic E-state index is 0.0308. The molecule has 6 nitrogen and oxygen atoms in total. The first-order valence-corrected chi connectivity index (χ1v) is 6.73. The minimum atomic E-state index is -2.39. The van der Waals surface area contributed by atoms with E-state index >= 15 is 0 Å². The van der Waals surface area contributed by atoms with Gasteiger partial charge >= 0.3 is 5.97 Å². The lowest BCUT2D eigenvalue weighted by atomic mass is 10.1. The van der Waals surface area contributed by atoms with Crippen LogP contribution in [-0.2, 0) is 4.79 Å². The van der Waals surface area contributed by atoms with Crippen molar-refractivity contribution in [3.8, 4) is 11.3 Å². The van der Waals surface area contributed by atoms with Crippen LogP contribution in [0.3, 0.4) is 0 Å². The van der Waals surface area contributed by atoms with Crippen molar-refractivity contribution in [3.05, 3.63) is 42.2 Å². The molecule has 1 aromatic carbocycles. The quantitative estimate of drug-likeness (QED) is 0.937. The molecule has 3 rings (SSSR count). The van der Waals surface area contributed by atoms with E-state index in [1.807, 2.05) is 30.3 Å². The van der Waals surface area contributed by atoms with Gasteiger partial charge in [-0.05, 0) is 0 Å². The van der Waals surface area contributed by atoms with Gasteiger partial charge in [-0.2, -0.15) is 0 Å². The van der Waals surface area contributed by atoms with Crippen LogP contribution in [0.5, 0.6) is 0 Å². The maximum Gasteiger partial charge on any atom is 0.343 e. The Labute approximate surface area is 125 Å².